The van der Waals surface area contributed by atoms with Gasteiger partial charge in [-0.05, 0) is 30.7 Å². The van der Waals surface area contributed by atoms with Crippen LogP contribution in [-0.2, 0) is 11.4 Å². The van der Waals surface area contributed by atoms with E-state index < -0.39 is 0 Å². The molecule has 1 aromatic heterocycles. The van der Waals surface area contributed by atoms with Gasteiger partial charge in [0.25, 0.3) is 0 Å². The lowest BCUT2D eigenvalue weighted by Gasteiger charge is -2.17. The van der Waals surface area contributed by atoms with Crippen LogP contribution in [0.15, 0.2) is 47.6 Å². The monoisotopic (exact) mass is 316 g/mol. The minimum Gasteiger partial charge on any atom is -0.352 e. The first-order chi connectivity index (χ1) is 10.7. The first-order valence-corrected chi connectivity index (χ1v) is 7.50. The van der Waals surface area contributed by atoms with Gasteiger partial charge in [0.05, 0.1) is 22.9 Å². The second kappa shape index (κ2) is 6.77. The highest BCUT2D eigenvalue weighted by molar-refractivity contribution is 6.33. The predicted molar refractivity (Wildman–Crippen MR) is 87.0 cm³/mol. The van der Waals surface area contributed by atoms with E-state index >= 15 is 0 Å². The minimum absolute atomic E-state index is 0.406. The third-order valence-corrected chi connectivity index (χ3v) is 3.64. The number of hydrogen-bond donors (Lipinski definition) is 1. The summed E-state index contributed by atoms with van der Waals surface area (Å²) in [5, 5.41) is 5.60. The van der Waals surface area contributed by atoms with Crippen LogP contribution in [0.25, 0.3) is 0 Å². The van der Waals surface area contributed by atoms with Crippen LogP contribution in [0.3, 0.4) is 0 Å². The maximum atomic E-state index is 6.22. The predicted octanol–water partition coefficient (Wildman–Crippen LogP) is 3.07. The molecule has 1 aliphatic heterocycles. The van der Waals surface area contributed by atoms with Gasteiger partial charge in [0, 0.05) is 12.7 Å². The van der Waals surface area contributed by atoms with Gasteiger partial charge in [-0.2, -0.15) is 0 Å². The molecule has 2 heterocycles. The van der Waals surface area contributed by atoms with Gasteiger partial charge in [0.1, 0.15) is 6.61 Å². The van der Waals surface area contributed by atoms with Crippen molar-refractivity contribution in [2.45, 2.75) is 13.5 Å². The highest BCUT2D eigenvalue weighted by atomic mass is 35.5. The maximum absolute atomic E-state index is 6.22. The molecule has 0 saturated carbocycles. The summed E-state index contributed by atoms with van der Waals surface area (Å²) in [6, 6.07) is 11.5. The van der Waals surface area contributed by atoms with Gasteiger partial charge in [-0.3, -0.25) is 9.82 Å². The van der Waals surface area contributed by atoms with Crippen molar-refractivity contribution in [1.82, 2.24) is 15.4 Å². The van der Waals surface area contributed by atoms with E-state index in [1.54, 1.807) is 11.3 Å². The van der Waals surface area contributed by atoms with E-state index in [0.717, 1.165) is 30.0 Å². The van der Waals surface area contributed by atoms with Crippen molar-refractivity contribution in [1.29, 1.82) is 0 Å². The van der Waals surface area contributed by atoms with E-state index in [0.29, 0.717) is 17.6 Å². The fourth-order valence-electron chi connectivity index (χ4n) is 2.18. The molecule has 22 heavy (non-hydrogen) atoms. The fourth-order valence-corrected chi connectivity index (χ4v) is 2.45. The number of nitrogens with zero attached hydrogens (tertiary/aromatic N) is 3. The number of pyridine rings is 1. The number of para-hydroxylation sites is 1. The number of nitrogens with one attached hydrogen (secondary N) is 1. The van der Waals surface area contributed by atoms with E-state index in [1.165, 1.54) is 0 Å². The molecule has 0 bridgehead atoms. The molecular weight excluding hydrogens is 300 g/mol. The highest BCUT2D eigenvalue weighted by Gasteiger charge is 2.20. The van der Waals surface area contributed by atoms with Crippen LogP contribution >= 0.6 is 11.6 Å². The van der Waals surface area contributed by atoms with Crippen LogP contribution in [0.1, 0.15) is 11.3 Å². The van der Waals surface area contributed by atoms with Gasteiger partial charge in [-0.1, -0.05) is 29.8 Å². The molecule has 1 aliphatic rings. The minimum atomic E-state index is 0.406. The van der Waals surface area contributed by atoms with E-state index in [4.69, 9.17) is 16.4 Å². The van der Waals surface area contributed by atoms with Crippen molar-refractivity contribution >= 4 is 23.2 Å². The van der Waals surface area contributed by atoms with Crippen molar-refractivity contribution in [3.05, 3.63) is 58.9 Å². The first kappa shape index (κ1) is 14.8. The number of hydrogen-bond acceptors (Lipinski definition) is 3. The summed E-state index contributed by atoms with van der Waals surface area (Å²) in [5.41, 5.74) is 2.67. The molecule has 0 unspecified atom stereocenters. The Morgan fingerprint density at radius 2 is 2.23 bits per heavy atom. The Morgan fingerprint density at radius 3 is 3.00 bits per heavy atom. The zero-order valence-electron chi connectivity index (χ0n) is 12.3. The van der Waals surface area contributed by atoms with Gasteiger partial charge in [-0.25, -0.2) is 10.1 Å². The number of aromatic nitrogens is 1. The SMILES string of the molecule is Cc1cccc(Cl)c1/N=C1\NCCN1OCc1ccccn1. The highest BCUT2D eigenvalue weighted by Crippen LogP contribution is 2.28. The van der Waals surface area contributed by atoms with Crippen LogP contribution < -0.4 is 5.32 Å². The molecule has 1 saturated heterocycles. The third kappa shape index (κ3) is 3.37. The number of hydroxylamine groups is 2. The van der Waals surface area contributed by atoms with Crippen molar-refractivity contribution < 1.29 is 4.84 Å². The Kier molecular flexibility index (Phi) is 4.56. The van der Waals surface area contributed by atoms with Crippen LogP contribution in [0.4, 0.5) is 5.69 Å². The zero-order chi connectivity index (χ0) is 15.4. The molecular formula is C16H17ClN4O. The summed E-state index contributed by atoms with van der Waals surface area (Å²) in [6.07, 6.45) is 1.75. The Hall–Kier alpha value is -2.11. The average Bonchev–Trinajstić information content (AvgIpc) is 2.97. The molecule has 5 nitrogen and oxygen atoms in total. The molecule has 1 N–H and O–H groups in total. The molecule has 3 rings (SSSR count). The third-order valence-electron chi connectivity index (χ3n) is 3.33. The second-order valence-electron chi connectivity index (χ2n) is 4.96. The number of halogens is 1. The quantitative estimate of drug-likeness (QED) is 0.942. The number of aryl methyl sites for hydroxylation is 1. The summed E-state index contributed by atoms with van der Waals surface area (Å²) in [4.78, 5) is 14.6. The molecule has 0 atom stereocenters. The summed E-state index contributed by atoms with van der Waals surface area (Å²) < 4.78 is 0. The van der Waals surface area contributed by atoms with Crippen molar-refractivity contribution in [2.24, 2.45) is 4.99 Å². The van der Waals surface area contributed by atoms with E-state index in [9.17, 15) is 0 Å². The molecule has 0 spiro atoms. The standard InChI is InChI=1S/C16H17ClN4O/c1-12-5-4-7-14(17)15(12)20-16-19-9-10-21(16)22-11-13-6-2-3-8-18-13/h2-8H,9-11H2,1H3,(H,19,20). The number of benzene rings is 1. The van der Waals surface area contributed by atoms with Gasteiger partial charge in [0.15, 0.2) is 0 Å². The number of aliphatic imine (C=N–C) groups is 1. The lowest BCUT2D eigenvalue weighted by atomic mass is 10.2. The molecule has 0 radical (unpaired) electrons. The Balaban J connectivity index is 1.74. The number of guanidine groups is 1. The van der Waals surface area contributed by atoms with Gasteiger partial charge < -0.3 is 5.32 Å². The van der Waals surface area contributed by atoms with Crippen LogP contribution in [0.5, 0.6) is 0 Å². The molecule has 0 amide bonds. The second-order valence-corrected chi connectivity index (χ2v) is 5.37. The molecule has 114 valence electrons. The summed E-state index contributed by atoms with van der Waals surface area (Å²) in [6.45, 7) is 3.90. The Morgan fingerprint density at radius 1 is 1.32 bits per heavy atom. The summed E-state index contributed by atoms with van der Waals surface area (Å²) >= 11 is 6.22. The van der Waals surface area contributed by atoms with E-state index in [-0.39, 0.29) is 0 Å². The van der Waals surface area contributed by atoms with Crippen LogP contribution in [0, 0.1) is 6.92 Å². The largest absolute Gasteiger partial charge is 0.352 e. The Labute approximate surface area is 134 Å². The smallest absolute Gasteiger partial charge is 0.223 e. The van der Waals surface area contributed by atoms with Crippen molar-refractivity contribution in [2.75, 3.05) is 13.1 Å². The lowest BCUT2D eigenvalue weighted by Crippen LogP contribution is -2.30. The fraction of sp³-hybridized carbons (Fsp3) is 0.250. The molecule has 2 aromatic rings. The van der Waals surface area contributed by atoms with Gasteiger partial charge in [0.2, 0.25) is 5.96 Å². The molecule has 1 aromatic carbocycles. The lowest BCUT2D eigenvalue weighted by molar-refractivity contribution is -0.103. The Bertz CT molecular complexity index is 655. The first-order valence-electron chi connectivity index (χ1n) is 7.12. The maximum Gasteiger partial charge on any atom is 0.223 e. The van der Waals surface area contributed by atoms with Crippen molar-refractivity contribution in [3.8, 4) is 0 Å². The van der Waals surface area contributed by atoms with Crippen LogP contribution in [0.2, 0.25) is 5.02 Å². The molecule has 6 heteroatoms. The molecule has 0 aliphatic carbocycles. The average molecular weight is 317 g/mol. The van der Waals surface area contributed by atoms with E-state index in [2.05, 4.69) is 15.3 Å². The van der Waals surface area contributed by atoms with Gasteiger partial charge in [-0.15, -0.1) is 0 Å². The summed E-state index contributed by atoms with van der Waals surface area (Å²) in [7, 11) is 0. The topological polar surface area (TPSA) is 49.8 Å². The molecule has 1 fully saturated rings. The van der Waals surface area contributed by atoms with E-state index in [1.807, 2.05) is 43.3 Å². The normalized spacial score (nSPS) is 16.1. The van der Waals surface area contributed by atoms with Gasteiger partial charge >= 0.3 is 0 Å². The number of rotatable bonds is 4. The van der Waals surface area contributed by atoms with Crippen molar-refractivity contribution in [3.63, 3.8) is 0 Å². The zero-order valence-corrected chi connectivity index (χ0v) is 13.0. The summed E-state index contributed by atoms with van der Waals surface area (Å²) in [5.74, 6) is 0.673. The van der Waals surface area contributed by atoms with Crippen LogP contribution in [-0.4, -0.2) is 29.1 Å².